The highest BCUT2D eigenvalue weighted by Gasteiger charge is 2.41. The molecule has 1 aliphatic heterocycles. The number of aromatic hydroxyl groups is 1. The lowest BCUT2D eigenvalue weighted by Gasteiger charge is -2.30. The van der Waals surface area contributed by atoms with Gasteiger partial charge in [-0.25, -0.2) is 4.79 Å². The van der Waals surface area contributed by atoms with Gasteiger partial charge in [0.05, 0.1) is 19.0 Å². The Balaban J connectivity index is 0.00000323. The lowest BCUT2D eigenvalue weighted by molar-refractivity contribution is -0.192. The third kappa shape index (κ3) is 21.7. The minimum Gasteiger partial charge on any atom is -0.508 e. The number of nitrogens with two attached hydrogens (primary N) is 4. The maximum atomic E-state index is 13.8. The first-order valence-corrected chi connectivity index (χ1v) is 22.5. The summed E-state index contributed by atoms with van der Waals surface area (Å²) in [6, 6.07) is -3.03. The fraction of sp³-hybridized carbons (Fsp3) is 0.595. The number of carbonyl (C=O) groups excluding carboxylic acids is 10. The summed E-state index contributed by atoms with van der Waals surface area (Å²) in [5.41, 5.74) is 22.7. The number of nitrogens with one attached hydrogen (secondary N) is 6. The molecule has 10 amide bonds. The van der Waals surface area contributed by atoms with Crippen LogP contribution in [0.3, 0.4) is 0 Å². The Kier molecular flexibility index (Phi) is 25.7. The SMILES string of the molecule is CC[C@H](C)[C@H](NC(=O)[C@@H](N)Cc1ccc(O)cc1)C(=O)N[C@@H](CCC(N)=O)C(=O)N[C@@H](CC(N)=O)C(=O)N[C@@H](CS)C(=O)N1CCC[C@H]1C(=O)N[C@@H](CC(C)C)C(=O)NCC(N)=O.O=C(O)C(F)(F)F. The maximum absolute atomic E-state index is 13.8. The molecule has 0 aromatic heterocycles. The van der Waals surface area contributed by atoms with E-state index in [0.717, 1.165) is 0 Å². The van der Waals surface area contributed by atoms with E-state index in [0.29, 0.717) is 18.4 Å². The maximum Gasteiger partial charge on any atom is 0.490 e. The van der Waals surface area contributed by atoms with E-state index in [2.05, 4.69) is 44.5 Å². The Hall–Kier alpha value is -6.71. The lowest BCUT2D eigenvalue weighted by atomic mass is 9.96. The van der Waals surface area contributed by atoms with Gasteiger partial charge in [-0.15, -0.1) is 0 Å². The van der Waals surface area contributed by atoms with Gasteiger partial charge in [-0.3, -0.25) is 47.9 Å². The van der Waals surface area contributed by atoms with Crippen LogP contribution < -0.4 is 54.8 Å². The first-order chi connectivity index (χ1) is 32.5. The predicted octanol–water partition coefficient (Wildman–Crippen LogP) is -2.93. The third-order valence-corrected chi connectivity index (χ3v) is 10.9. The van der Waals surface area contributed by atoms with Crippen LogP contribution in [0.5, 0.6) is 5.75 Å². The highest BCUT2D eigenvalue weighted by molar-refractivity contribution is 7.80. The van der Waals surface area contributed by atoms with Crippen LogP contribution in [0.25, 0.3) is 0 Å². The number of likely N-dealkylation sites (tertiary alicyclic amines) is 1. The van der Waals surface area contributed by atoms with Crippen molar-refractivity contribution in [1.29, 1.82) is 0 Å². The van der Waals surface area contributed by atoms with Gasteiger partial charge in [-0.2, -0.15) is 25.8 Å². The molecule has 0 saturated carbocycles. The zero-order valence-corrected chi connectivity index (χ0v) is 39.9. The van der Waals surface area contributed by atoms with Gasteiger partial charge in [0.15, 0.2) is 0 Å². The van der Waals surface area contributed by atoms with E-state index in [-0.39, 0.29) is 49.6 Å². The molecule has 1 heterocycles. The monoisotopic (exact) mass is 1020 g/mol. The number of hydrogen-bond donors (Lipinski definition) is 13. The number of halogens is 3. The van der Waals surface area contributed by atoms with Crippen molar-refractivity contribution in [1.82, 2.24) is 36.8 Å². The van der Waals surface area contributed by atoms with Crippen LogP contribution >= 0.6 is 12.6 Å². The predicted molar refractivity (Wildman–Crippen MR) is 245 cm³/mol. The molecule has 0 radical (unpaired) electrons. The Morgan fingerprint density at radius 2 is 1.33 bits per heavy atom. The fourth-order valence-electron chi connectivity index (χ4n) is 6.67. The zero-order valence-electron chi connectivity index (χ0n) is 39.0. The van der Waals surface area contributed by atoms with Crippen LogP contribution in [0.15, 0.2) is 24.3 Å². The van der Waals surface area contributed by atoms with Crippen LogP contribution in [0.1, 0.15) is 78.2 Å². The Labute approximate surface area is 406 Å². The molecule has 1 saturated heterocycles. The number of carboxylic acid groups (broad SMARTS) is 1. The Morgan fingerprint density at radius 3 is 1.83 bits per heavy atom. The second-order valence-electron chi connectivity index (χ2n) is 16.8. The van der Waals surface area contributed by atoms with E-state index in [1.807, 2.05) is 13.8 Å². The molecular weight excluding hydrogens is 956 g/mol. The molecule has 1 aromatic rings. The smallest absolute Gasteiger partial charge is 0.490 e. The van der Waals surface area contributed by atoms with Gasteiger partial charge >= 0.3 is 12.1 Å². The highest BCUT2D eigenvalue weighted by Crippen LogP contribution is 2.20. The summed E-state index contributed by atoms with van der Waals surface area (Å²) in [5.74, 6) is -11.8. The first kappa shape index (κ1) is 61.3. The summed E-state index contributed by atoms with van der Waals surface area (Å²) >= 11 is 4.23. The average Bonchev–Trinajstić information content (AvgIpc) is 3.77. The van der Waals surface area contributed by atoms with Crippen molar-refractivity contribution in [3.63, 3.8) is 0 Å². The summed E-state index contributed by atoms with van der Waals surface area (Å²) in [4.78, 5) is 140. The van der Waals surface area contributed by atoms with Crippen molar-refractivity contribution in [2.75, 3.05) is 18.8 Å². The van der Waals surface area contributed by atoms with Crippen LogP contribution in [-0.2, 0) is 59.2 Å². The molecule has 8 atom stereocenters. The molecule has 0 spiro atoms. The molecule has 0 aliphatic carbocycles. The normalized spacial score (nSPS) is 16.3. The number of thiol groups is 1. The summed E-state index contributed by atoms with van der Waals surface area (Å²) < 4.78 is 31.7. The van der Waals surface area contributed by atoms with Crippen LogP contribution in [0.2, 0.25) is 0 Å². The summed E-state index contributed by atoms with van der Waals surface area (Å²) in [5, 5.41) is 31.6. The van der Waals surface area contributed by atoms with E-state index in [1.165, 1.54) is 17.0 Å². The molecule has 16 N–H and O–H groups in total. The van der Waals surface area contributed by atoms with E-state index in [9.17, 15) is 66.2 Å². The van der Waals surface area contributed by atoms with Gasteiger partial charge < -0.3 is 69.9 Å². The summed E-state index contributed by atoms with van der Waals surface area (Å²) in [6.45, 7) is 6.74. The largest absolute Gasteiger partial charge is 0.508 e. The Bertz CT molecular complexity index is 2030. The van der Waals surface area contributed by atoms with Gasteiger partial charge in [0.2, 0.25) is 59.1 Å². The van der Waals surface area contributed by atoms with Crippen molar-refractivity contribution < 1.29 is 76.1 Å². The van der Waals surface area contributed by atoms with Gasteiger partial charge in [-0.1, -0.05) is 46.2 Å². The van der Waals surface area contributed by atoms with E-state index < -0.39 is 139 Å². The van der Waals surface area contributed by atoms with Gasteiger partial charge in [-0.05, 0) is 61.6 Å². The molecule has 1 aromatic carbocycles. The molecule has 1 fully saturated rings. The topological polar surface area (TPSA) is 408 Å². The summed E-state index contributed by atoms with van der Waals surface area (Å²) in [7, 11) is 0. The van der Waals surface area contributed by atoms with Gasteiger partial charge in [0.25, 0.3) is 0 Å². The van der Waals surface area contributed by atoms with E-state index in [4.69, 9.17) is 32.8 Å². The number of aliphatic carboxylic acids is 1. The molecule has 2 rings (SSSR count). The van der Waals surface area contributed by atoms with E-state index >= 15 is 0 Å². The second kappa shape index (κ2) is 29.3. The molecule has 392 valence electrons. The number of primary amides is 3. The quantitative estimate of drug-likeness (QED) is 0.0414. The van der Waals surface area contributed by atoms with E-state index in [1.54, 1.807) is 26.0 Å². The molecule has 0 bridgehead atoms. The number of hydrogen-bond acceptors (Lipinski definition) is 14. The van der Waals surface area contributed by atoms with Gasteiger partial charge in [0, 0.05) is 18.7 Å². The number of rotatable bonds is 26. The van der Waals surface area contributed by atoms with Crippen molar-refractivity contribution >= 4 is 77.7 Å². The number of carboxylic acids is 1. The molecule has 0 unspecified atom stereocenters. The molecule has 24 nitrogen and oxygen atoms in total. The van der Waals surface area contributed by atoms with Crippen molar-refractivity contribution in [3.05, 3.63) is 29.8 Å². The number of nitrogens with zero attached hydrogens (tertiary/aromatic N) is 1. The van der Waals surface area contributed by atoms with Crippen molar-refractivity contribution in [2.24, 2.45) is 34.8 Å². The number of alkyl halides is 3. The number of phenolic OH excluding ortho intramolecular Hbond substituents is 1. The molecule has 28 heteroatoms. The van der Waals surface area contributed by atoms with Crippen molar-refractivity contribution in [3.8, 4) is 5.75 Å². The van der Waals surface area contributed by atoms with Crippen molar-refractivity contribution in [2.45, 2.75) is 128 Å². The minimum atomic E-state index is -5.08. The number of benzene rings is 1. The average molecular weight is 1020 g/mol. The zero-order chi connectivity index (χ0) is 53.6. The number of carbonyl (C=O) groups is 11. The van der Waals surface area contributed by atoms with Crippen LogP contribution in [0.4, 0.5) is 13.2 Å². The Morgan fingerprint density at radius 1 is 0.771 bits per heavy atom. The van der Waals surface area contributed by atoms with Crippen LogP contribution in [-0.4, -0.2) is 147 Å². The molecule has 1 aliphatic rings. The standard InChI is InChI=1S/C40H63N11O11S.C2HF3O2/c1-5-21(4)33(50-34(56)24(41)16-22-8-10-23(52)11-9-22)39(61)46-25(12-13-30(42)53)36(58)47-27(17-31(43)54)37(59)49-28(19-63)40(62)51-14-6-7-29(51)38(60)48-26(15-20(2)3)35(57)45-18-32(44)55;3-2(4,5)1(6)7/h8-11,20-21,24-29,33,52,63H,5-7,12-19,41H2,1-4H3,(H2,42,53)(H2,43,54)(H2,44,55)(H,45,57)(H,46,61)(H,47,58)(H,48,60)(H,49,59)(H,50,56);(H,6,7)/t21-,24-,25-,26-,27-,28-,29-,33-;/m0./s1. The molecule has 70 heavy (non-hydrogen) atoms. The minimum absolute atomic E-state index is 0.0232. The number of amides is 10. The lowest BCUT2D eigenvalue weighted by Crippen LogP contribution is -2.61. The third-order valence-electron chi connectivity index (χ3n) is 10.5. The first-order valence-electron chi connectivity index (χ1n) is 21.9. The molecular formula is C42H64F3N11O13S. The van der Waals surface area contributed by atoms with Crippen LogP contribution in [0, 0.1) is 11.8 Å². The number of phenols is 1. The fourth-order valence-corrected chi connectivity index (χ4v) is 6.92. The highest BCUT2D eigenvalue weighted by atomic mass is 32.1. The second-order valence-corrected chi connectivity index (χ2v) is 17.1. The van der Waals surface area contributed by atoms with Gasteiger partial charge in [0.1, 0.15) is 42.0 Å². The summed E-state index contributed by atoms with van der Waals surface area (Å²) in [6.07, 6.45) is -5.33.